The number of ether oxygens (including phenoxy) is 2. The zero-order chi connectivity index (χ0) is 32.5. The van der Waals surface area contributed by atoms with Gasteiger partial charge < -0.3 is 9.47 Å². The van der Waals surface area contributed by atoms with Gasteiger partial charge in [0.1, 0.15) is 11.5 Å². The van der Waals surface area contributed by atoms with Crippen molar-refractivity contribution in [2.75, 3.05) is 49.2 Å². The summed E-state index contributed by atoms with van der Waals surface area (Å²) in [6.07, 6.45) is 9.27. The van der Waals surface area contributed by atoms with Crippen LogP contribution in [-0.2, 0) is 19.2 Å². The number of anilines is 2. The summed E-state index contributed by atoms with van der Waals surface area (Å²) in [5, 5.41) is 0. The van der Waals surface area contributed by atoms with Crippen molar-refractivity contribution < 1.29 is 28.7 Å². The molecule has 0 saturated carbocycles. The van der Waals surface area contributed by atoms with Gasteiger partial charge in [-0.15, -0.1) is 0 Å². The van der Waals surface area contributed by atoms with Gasteiger partial charge in [-0.3, -0.25) is 29.0 Å². The van der Waals surface area contributed by atoms with Crippen LogP contribution in [-0.4, -0.2) is 84.9 Å². The molecule has 3 aliphatic heterocycles. The summed E-state index contributed by atoms with van der Waals surface area (Å²) in [5.41, 5.74) is 1.10. The maximum Gasteiger partial charge on any atom is 0.251 e. The minimum atomic E-state index is -0.533. The first-order valence-corrected chi connectivity index (χ1v) is 17.1. The van der Waals surface area contributed by atoms with Crippen LogP contribution in [0.5, 0.6) is 11.5 Å². The highest BCUT2D eigenvalue weighted by Crippen LogP contribution is 2.31. The molecule has 0 aromatic heterocycles. The highest BCUT2D eigenvalue weighted by molar-refractivity contribution is 6.23. The van der Waals surface area contributed by atoms with Crippen molar-refractivity contribution in [3.8, 4) is 11.5 Å². The van der Waals surface area contributed by atoms with Crippen molar-refractivity contribution in [2.45, 2.75) is 90.1 Å². The fraction of sp³-hybridized carbons (Fsp3) is 0.556. The predicted molar refractivity (Wildman–Crippen MR) is 177 cm³/mol. The van der Waals surface area contributed by atoms with E-state index in [1.54, 1.807) is 24.3 Å². The summed E-state index contributed by atoms with van der Waals surface area (Å²) in [5.74, 6) is 0.572. The number of carbonyl (C=O) groups excluding carboxylic acids is 4. The highest BCUT2D eigenvalue weighted by atomic mass is 16.5. The van der Waals surface area contributed by atoms with Crippen LogP contribution >= 0.6 is 0 Å². The molecule has 3 aliphatic rings. The zero-order valence-electron chi connectivity index (χ0n) is 27.3. The monoisotopic (exact) mass is 632 g/mol. The molecule has 248 valence electrons. The number of hydrogen-bond donors (Lipinski definition) is 0. The van der Waals surface area contributed by atoms with E-state index in [-0.39, 0.29) is 36.5 Å². The van der Waals surface area contributed by atoms with Crippen LogP contribution in [0, 0.1) is 0 Å². The zero-order valence-corrected chi connectivity index (χ0v) is 27.3. The van der Waals surface area contributed by atoms with E-state index in [4.69, 9.17) is 9.47 Å². The maximum absolute atomic E-state index is 13.4. The number of rotatable bonds is 16. The third kappa shape index (κ3) is 7.96. The summed E-state index contributed by atoms with van der Waals surface area (Å²) in [6.45, 7) is 7.77. The smallest absolute Gasteiger partial charge is 0.251 e. The molecule has 0 radical (unpaired) electrons. The Balaban J connectivity index is 1.11. The number of hydrogen-bond acceptors (Lipinski definition) is 8. The first-order chi connectivity index (χ1) is 22.4. The van der Waals surface area contributed by atoms with Gasteiger partial charge in [0, 0.05) is 26.2 Å². The van der Waals surface area contributed by atoms with Crippen molar-refractivity contribution in [3.63, 3.8) is 0 Å². The van der Waals surface area contributed by atoms with Gasteiger partial charge in [0.15, 0.2) is 0 Å². The number of imide groups is 2. The molecule has 10 nitrogen and oxygen atoms in total. The fourth-order valence-corrected chi connectivity index (χ4v) is 6.53. The van der Waals surface area contributed by atoms with E-state index in [9.17, 15) is 19.2 Å². The number of unbranched alkanes of at least 4 members (excludes halogenated alkanes) is 6. The van der Waals surface area contributed by atoms with Gasteiger partial charge in [-0.05, 0) is 61.4 Å². The third-order valence-corrected chi connectivity index (χ3v) is 9.20. The van der Waals surface area contributed by atoms with Crippen LogP contribution in [0.1, 0.15) is 78.1 Å². The van der Waals surface area contributed by atoms with E-state index in [0.29, 0.717) is 50.8 Å². The van der Waals surface area contributed by atoms with Crippen LogP contribution < -0.4 is 19.3 Å². The lowest BCUT2D eigenvalue weighted by atomic mass is 10.1. The molecule has 0 N–H and O–H groups in total. The molecule has 46 heavy (non-hydrogen) atoms. The topological polar surface area (TPSA) is 99.7 Å². The summed E-state index contributed by atoms with van der Waals surface area (Å²) in [6, 6.07) is 13.2. The molecule has 5 rings (SSSR count). The second-order valence-electron chi connectivity index (χ2n) is 12.5. The molecule has 4 amide bonds. The minimum Gasteiger partial charge on any atom is -0.494 e. The lowest BCUT2D eigenvalue weighted by molar-refractivity contribution is -0.126. The molecule has 3 heterocycles. The standard InChI is InChI=1S/C36H48N4O6/c1-3-5-7-9-23-45-29-15-11-27(12-16-29)39-33(41)25-31(35(39)43)37-19-21-38(22-20-37)32-26-34(42)40(36(32)44)28-13-17-30(18-14-28)46-24-10-8-6-4-2/h11-18,31-32H,3-10,19-26H2,1-2H3. The lowest BCUT2D eigenvalue weighted by Crippen LogP contribution is -2.56. The quantitative estimate of drug-likeness (QED) is 0.184. The van der Waals surface area contributed by atoms with Gasteiger partial charge in [0.25, 0.3) is 11.8 Å². The number of piperazine rings is 1. The second-order valence-corrected chi connectivity index (χ2v) is 12.5. The summed E-state index contributed by atoms with van der Waals surface area (Å²) < 4.78 is 11.6. The average Bonchev–Trinajstić information content (AvgIpc) is 3.54. The Bertz CT molecular complexity index is 1240. The minimum absolute atomic E-state index is 0.127. The van der Waals surface area contributed by atoms with Gasteiger partial charge in [-0.25, -0.2) is 9.80 Å². The van der Waals surface area contributed by atoms with Crippen LogP contribution in [0.4, 0.5) is 11.4 Å². The molecule has 2 aromatic carbocycles. The SMILES string of the molecule is CCCCCCOc1ccc(N2C(=O)CC(N3CCN(C4CC(=O)N(c5ccc(OCCCCCC)cc5)C4=O)CC3)C2=O)cc1. The van der Waals surface area contributed by atoms with E-state index < -0.39 is 12.1 Å². The first kappa shape index (κ1) is 33.6. The van der Waals surface area contributed by atoms with E-state index in [0.717, 1.165) is 37.2 Å². The van der Waals surface area contributed by atoms with E-state index in [1.165, 1.54) is 35.5 Å². The normalized spacial score (nSPS) is 21.1. The van der Waals surface area contributed by atoms with Gasteiger partial charge in [0.2, 0.25) is 11.8 Å². The molecule has 3 fully saturated rings. The van der Waals surface area contributed by atoms with Crippen molar-refractivity contribution in [3.05, 3.63) is 48.5 Å². The van der Waals surface area contributed by atoms with Crippen LogP contribution in [0.25, 0.3) is 0 Å². The van der Waals surface area contributed by atoms with Crippen molar-refractivity contribution in [1.82, 2.24) is 9.80 Å². The first-order valence-electron chi connectivity index (χ1n) is 17.1. The van der Waals surface area contributed by atoms with Gasteiger partial charge >= 0.3 is 0 Å². The lowest BCUT2D eigenvalue weighted by Gasteiger charge is -2.38. The number of carbonyl (C=O) groups is 4. The molecule has 10 heteroatoms. The van der Waals surface area contributed by atoms with Gasteiger partial charge in [-0.1, -0.05) is 52.4 Å². The van der Waals surface area contributed by atoms with Crippen molar-refractivity contribution >= 4 is 35.0 Å². The Morgan fingerprint density at radius 3 is 1.26 bits per heavy atom. The largest absolute Gasteiger partial charge is 0.494 e. The Morgan fingerprint density at radius 2 is 0.913 bits per heavy atom. The van der Waals surface area contributed by atoms with Gasteiger partial charge in [0.05, 0.1) is 49.5 Å². The predicted octanol–water partition coefficient (Wildman–Crippen LogP) is 5.19. The molecular weight excluding hydrogens is 584 g/mol. The third-order valence-electron chi connectivity index (χ3n) is 9.20. The van der Waals surface area contributed by atoms with Crippen molar-refractivity contribution in [1.29, 1.82) is 0 Å². The maximum atomic E-state index is 13.4. The number of nitrogens with zero attached hydrogens (tertiary/aromatic N) is 4. The molecule has 2 unspecified atom stereocenters. The Morgan fingerprint density at radius 1 is 0.543 bits per heavy atom. The fourth-order valence-electron chi connectivity index (χ4n) is 6.53. The number of amides is 4. The van der Waals surface area contributed by atoms with Crippen molar-refractivity contribution in [2.24, 2.45) is 0 Å². The Kier molecular flexibility index (Phi) is 11.8. The molecular formula is C36H48N4O6. The molecule has 2 aromatic rings. The van der Waals surface area contributed by atoms with Crippen LogP contribution in [0.3, 0.4) is 0 Å². The van der Waals surface area contributed by atoms with Crippen LogP contribution in [0.2, 0.25) is 0 Å². The molecule has 0 spiro atoms. The Hall–Kier alpha value is -3.76. The van der Waals surface area contributed by atoms with Gasteiger partial charge in [-0.2, -0.15) is 0 Å². The van der Waals surface area contributed by atoms with Crippen LogP contribution in [0.15, 0.2) is 48.5 Å². The van der Waals surface area contributed by atoms with E-state index in [1.807, 2.05) is 34.1 Å². The molecule has 0 bridgehead atoms. The Labute approximate surface area is 272 Å². The number of benzene rings is 2. The summed E-state index contributed by atoms with van der Waals surface area (Å²) >= 11 is 0. The summed E-state index contributed by atoms with van der Waals surface area (Å²) in [7, 11) is 0. The van der Waals surface area contributed by atoms with E-state index >= 15 is 0 Å². The molecule has 0 aliphatic carbocycles. The highest BCUT2D eigenvalue weighted by Gasteiger charge is 2.46. The average molecular weight is 633 g/mol. The second kappa shape index (κ2) is 16.2. The summed E-state index contributed by atoms with van der Waals surface area (Å²) in [4.78, 5) is 59.4. The van der Waals surface area contributed by atoms with E-state index in [2.05, 4.69) is 13.8 Å². The molecule has 3 saturated heterocycles. The molecule has 2 atom stereocenters.